The molecule has 0 aromatic heterocycles. The van der Waals surface area contributed by atoms with Crippen LogP contribution in [0.2, 0.25) is 5.02 Å². The second-order valence-corrected chi connectivity index (χ2v) is 7.37. The highest BCUT2D eigenvalue weighted by Crippen LogP contribution is 2.16. The number of halogens is 2. The van der Waals surface area contributed by atoms with E-state index in [2.05, 4.69) is 20.1 Å². The SMILES string of the molecule is CN=C(NCC1CCN(CCOC)CC1)N(C)CCOc1ccc(Cl)cc1.I. The fraction of sp³-hybridized carbons (Fsp3) is 0.650. The minimum absolute atomic E-state index is 0. The first-order valence-corrected chi connectivity index (χ1v) is 10.0. The Morgan fingerprint density at radius 2 is 1.93 bits per heavy atom. The molecular formula is C20H34ClIN4O2. The highest BCUT2D eigenvalue weighted by atomic mass is 127. The van der Waals surface area contributed by atoms with Crippen LogP contribution in [0.4, 0.5) is 0 Å². The fourth-order valence-electron chi connectivity index (χ4n) is 3.19. The molecule has 0 atom stereocenters. The molecule has 1 saturated heterocycles. The Bertz CT molecular complexity index is 566. The maximum absolute atomic E-state index is 5.89. The van der Waals surface area contributed by atoms with Crippen LogP contribution < -0.4 is 10.1 Å². The van der Waals surface area contributed by atoms with Gasteiger partial charge in [-0.3, -0.25) is 4.99 Å². The smallest absolute Gasteiger partial charge is 0.193 e. The first-order valence-electron chi connectivity index (χ1n) is 9.63. The molecule has 1 aromatic rings. The van der Waals surface area contributed by atoms with E-state index in [9.17, 15) is 0 Å². The standard InChI is InChI=1S/C20H33ClN4O2.HI/c1-22-20(23-16-17-8-10-25(11-9-17)13-14-26-3)24(2)12-15-27-19-6-4-18(21)5-7-19;/h4-7,17H,8-16H2,1-3H3,(H,22,23);1H. The van der Waals surface area contributed by atoms with Crippen molar-refractivity contribution in [3.8, 4) is 5.75 Å². The van der Waals surface area contributed by atoms with Gasteiger partial charge in [0.05, 0.1) is 13.2 Å². The lowest BCUT2D eigenvalue weighted by atomic mass is 9.97. The maximum Gasteiger partial charge on any atom is 0.193 e. The highest BCUT2D eigenvalue weighted by molar-refractivity contribution is 14.0. The summed E-state index contributed by atoms with van der Waals surface area (Å²) >= 11 is 5.89. The Morgan fingerprint density at radius 1 is 1.25 bits per heavy atom. The average Bonchev–Trinajstić information content (AvgIpc) is 2.69. The van der Waals surface area contributed by atoms with Crippen molar-refractivity contribution in [1.29, 1.82) is 0 Å². The number of rotatable bonds is 9. The van der Waals surface area contributed by atoms with Crippen molar-refractivity contribution < 1.29 is 9.47 Å². The number of benzene rings is 1. The molecule has 0 bridgehead atoms. The van der Waals surface area contributed by atoms with Crippen molar-refractivity contribution in [2.45, 2.75) is 12.8 Å². The maximum atomic E-state index is 5.89. The van der Waals surface area contributed by atoms with Crippen molar-refractivity contribution in [1.82, 2.24) is 15.1 Å². The first-order chi connectivity index (χ1) is 13.1. The number of likely N-dealkylation sites (tertiary alicyclic amines) is 1. The van der Waals surface area contributed by atoms with Crippen LogP contribution in [-0.2, 0) is 4.74 Å². The van der Waals surface area contributed by atoms with Gasteiger partial charge in [0.25, 0.3) is 0 Å². The van der Waals surface area contributed by atoms with Gasteiger partial charge in [0, 0.05) is 39.3 Å². The summed E-state index contributed by atoms with van der Waals surface area (Å²) < 4.78 is 10.9. The van der Waals surface area contributed by atoms with E-state index in [1.807, 2.05) is 38.4 Å². The Kier molecular flexibility index (Phi) is 12.9. The summed E-state index contributed by atoms with van der Waals surface area (Å²) in [6.45, 7) is 6.48. The van der Waals surface area contributed by atoms with E-state index in [1.54, 1.807) is 7.11 Å². The Labute approximate surface area is 191 Å². The normalized spacial score (nSPS) is 15.8. The van der Waals surface area contributed by atoms with Crippen LogP contribution in [0.25, 0.3) is 0 Å². The van der Waals surface area contributed by atoms with Crippen molar-refractivity contribution in [2.75, 3.05) is 67.1 Å². The molecule has 2 rings (SSSR count). The third kappa shape index (κ3) is 9.15. The Hall–Kier alpha value is -0.770. The quantitative estimate of drug-likeness (QED) is 0.305. The van der Waals surface area contributed by atoms with E-state index in [-0.39, 0.29) is 24.0 Å². The summed E-state index contributed by atoms with van der Waals surface area (Å²) in [5.41, 5.74) is 0. The van der Waals surface area contributed by atoms with E-state index >= 15 is 0 Å². The number of hydrogen-bond donors (Lipinski definition) is 1. The number of likely N-dealkylation sites (N-methyl/N-ethyl adjacent to an activating group) is 1. The van der Waals surface area contributed by atoms with Gasteiger partial charge in [0.1, 0.15) is 12.4 Å². The molecule has 1 N–H and O–H groups in total. The molecule has 160 valence electrons. The van der Waals surface area contributed by atoms with Crippen molar-refractivity contribution in [3.05, 3.63) is 29.3 Å². The molecule has 0 amide bonds. The predicted octanol–water partition coefficient (Wildman–Crippen LogP) is 3.20. The molecular weight excluding hydrogens is 491 g/mol. The van der Waals surface area contributed by atoms with E-state index in [4.69, 9.17) is 21.1 Å². The van der Waals surface area contributed by atoms with Crippen molar-refractivity contribution in [3.63, 3.8) is 0 Å². The summed E-state index contributed by atoms with van der Waals surface area (Å²) in [6, 6.07) is 7.44. The van der Waals surface area contributed by atoms with Gasteiger partial charge in [-0.15, -0.1) is 24.0 Å². The van der Waals surface area contributed by atoms with Crippen LogP contribution in [0, 0.1) is 5.92 Å². The van der Waals surface area contributed by atoms with E-state index in [1.165, 1.54) is 12.8 Å². The molecule has 1 heterocycles. The summed E-state index contributed by atoms with van der Waals surface area (Å²) in [4.78, 5) is 8.98. The van der Waals surface area contributed by atoms with Gasteiger partial charge in [0.15, 0.2) is 5.96 Å². The van der Waals surface area contributed by atoms with E-state index in [0.717, 1.165) is 51.0 Å². The van der Waals surface area contributed by atoms with E-state index in [0.29, 0.717) is 17.5 Å². The molecule has 0 spiro atoms. The number of nitrogens with zero attached hydrogens (tertiary/aromatic N) is 3. The van der Waals surface area contributed by atoms with Gasteiger partial charge in [-0.1, -0.05) is 11.6 Å². The Balaban J connectivity index is 0.00000392. The van der Waals surface area contributed by atoms with Crippen LogP contribution in [0.3, 0.4) is 0 Å². The third-order valence-corrected chi connectivity index (χ3v) is 5.20. The molecule has 1 aliphatic rings. The molecule has 1 fully saturated rings. The van der Waals surface area contributed by atoms with Gasteiger partial charge < -0.3 is 24.6 Å². The minimum Gasteiger partial charge on any atom is -0.492 e. The highest BCUT2D eigenvalue weighted by Gasteiger charge is 2.19. The lowest BCUT2D eigenvalue weighted by molar-refractivity contribution is 0.120. The molecule has 8 heteroatoms. The zero-order valence-corrected chi connectivity index (χ0v) is 20.3. The number of methoxy groups -OCH3 is 1. The van der Waals surface area contributed by atoms with Crippen LogP contribution in [0.15, 0.2) is 29.3 Å². The molecule has 0 aliphatic carbocycles. The molecule has 0 radical (unpaired) electrons. The number of hydrogen-bond acceptors (Lipinski definition) is 4. The van der Waals surface area contributed by atoms with Gasteiger partial charge in [-0.25, -0.2) is 0 Å². The third-order valence-electron chi connectivity index (χ3n) is 4.95. The van der Waals surface area contributed by atoms with E-state index < -0.39 is 0 Å². The largest absolute Gasteiger partial charge is 0.492 e. The average molecular weight is 525 g/mol. The molecule has 1 aliphatic heterocycles. The predicted molar refractivity (Wildman–Crippen MR) is 127 cm³/mol. The molecule has 0 saturated carbocycles. The van der Waals surface area contributed by atoms with Gasteiger partial charge in [0.2, 0.25) is 0 Å². The van der Waals surface area contributed by atoms with Crippen molar-refractivity contribution >= 4 is 41.5 Å². The lowest BCUT2D eigenvalue weighted by Crippen LogP contribution is -2.44. The zero-order valence-electron chi connectivity index (χ0n) is 17.2. The summed E-state index contributed by atoms with van der Waals surface area (Å²) in [7, 11) is 5.62. The van der Waals surface area contributed by atoms with Crippen LogP contribution >= 0.6 is 35.6 Å². The second-order valence-electron chi connectivity index (χ2n) is 6.93. The number of nitrogens with one attached hydrogen (secondary N) is 1. The van der Waals surface area contributed by atoms with Crippen molar-refractivity contribution in [2.24, 2.45) is 10.9 Å². The van der Waals surface area contributed by atoms with Gasteiger partial charge in [-0.2, -0.15) is 0 Å². The van der Waals surface area contributed by atoms with Gasteiger partial charge in [-0.05, 0) is 56.1 Å². The second kappa shape index (κ2) is 14.3. The number of guanidine groups is 1. The summed E-state index contributed by atoms with van der Waals surface area (Å²) in [6.07, 6.45) is 2.44. The fourth-order valence-corrected chi connectivity index (χ4v) is 3.32. The summed E-state index contributed by atoms with van der Waals surface area (Å²) in [5.74, 6) is 2.44. The van der Waals surface area contributed by atoms with Gasteiger partial charge >= 0.3 is 0 Å². The number of piperidine rings is 1. The minimum atomic E-state index is 0. The lowest BCUT2D eigenvalue weighted by Gasteiger charge is -2.32. The van der Waals surface area contributed by atoms with Crippen LogP contribution in [0.5, 0.6) is 5.75 Å². The first kappa shape index (κ1) is 25.3. The molecule has 6 nitrogen and oxygen atoms in total. The zero-order chi connectivity index (χ0) is 19.5. The topological polar surface area (TPSA) is 49.3 Å². The molecule has 28 heavy (non-hydrogen) atoms. The molecule has 1 aromatic carbocycles. The Morgan fingerprint density at radius 3 is 2.54 bits per heavy atom. The molecule has 0 unspecified atom stereocenters. The number of aliphatic imine (C=N–C) groups is 1. The van der Waals surface area contributed by atoms with Crippen LogP contribution in [-0.4, -0.2) is 82.9 Å². The van der Waals surface area contributed by atoms with Crippen LogP contribution in [0.1, 0.15) is 12.8 Å². The number of ether oxygens (including phenoxy) is 2. The summed E-state index contributed by atoms with van der Waals surface area (Å²) in [5, 5.41) is 4.23. The monoisotopic (exact) mass is 524 g/mol.